The van der Waals surface area contributed by atoms with Crippen LogP contribution in [0.1, 0.15) is 49.7 Å². The Kier molecular flexibility index (Phi) is 6.40. The predicted molar refractivity (Wildman–Crippen MR) is 124 cm³/mol. The summed E-state index contributed by atoms with van der Waals surface area (Å²) in [6.07, 6.45) is 7.11. The van der Waals surface area contributed by atoms with E-state index in [2.05, 4.69) is 6.58 Å². The summed E-state index contributed by atoms with van der Waals surface area (Å²) < 4.78 is 0. The number of benzene rings is 2. The molecule has 0 spiro atoms. The third-order valence-electron chi connectivity index (χ3n) is 6.60. The van der Waals surface area contributed by atoms with E-state index in [1.807, 2.05) is 41.3 Å². The van der Waals surface area contributed by atoms with Gasteiger partial charge in [-0.25, -0.2) is 0 Å². The molecular weight excluding hydrogens is 417 g/mol. The molecule has 0 aromatic heterocycles. The number of aliphatic hydroxyl groups excluding tert-OH is 1. The van der Waals surface area contributed by atoms with Crippen LogP contribution < -0.4 is 0 Å². The van der Waals surface area contributed by atoms with Gasteiger partial charge < -0.3 is 10.0 Å². The zero-order valence-electron chi connectivity index (χ0n) is 17.0. The molecular formula is C25H27Cl2NO2. The molecule has 1 amide bonds. The lowest BCUT2D eigenvalue weighted by Crippen LogP contribution is -2.30. The first kappa shape index (κ1) is 21.3. The van der Waals surface area contributed by atoms with E-state index < -0.39 is 0 Å². The molecule has 1 saturated heterocycles. The molecule has 5 heteroatoms. The van der Waals surface area contributed by atoms with Gasteiger partial charge in [0, 0.05) is 40.2 Å². The van der Waals surface area contributed by atoms with E-state index in [4.69, 9.17) is 23.2 Å². The van der Waals surface area contributed by atoms with Gasteiger partial charge in [-0.05, 0) is 48.4 Å². The summed E-state index contributed by atoms with van der Waals surface area (Å²) in [7, 11) is 0. The van der Waals surface area contributed by atoms with Crippen LogP contribution in [0, 0.1) is 11.8 Å². The normalized spacial score (nSPS) is 20.0. The second kappa shape index (κ2) is 9.03. The van der Waals surface area contributed by atoms with Gasteiger partial charge in [0.2, 0.25) is 5.91 Å². The highest BCUT2D eigenvalue weighted by Crippen LogP contribution is 2.38. The van der Waals surface area contributed by atoms with E-state index in [1.165, 1.54) is 32.1 Å². The molecule has 2 fully saturated rings. The fourth-order valence-corrected chi connectivity index (χ4v) is 5.47. The molecule has 0 bridgehead atoms. The van der Waals surface area contributed by atoms with Crippen LogP contribution in [0.25, 0.3) is 16.9 Å². The Morgan fingerprint density at radius 1 is 1.00 bits per heavy atom. The molecule has 4 rings (SSSR count). The van der Waals surface area contributed by atoms with E-state index >= 15 is 0 Å². The zero-order valence-corrected chi connectivity index (χ0v) is 18.6. The standard InChI is InChI=1S/C25H27Cl2NO2/c1-16(29)17-7-9-18(10-8-17)20-13-23(26)22(24(27)14-20)15-28-12-11-21(25(28)30)19-5-3-2-4-6-19/h7-10,13-14,19,21,29H,1-6,11-12,15H2. The molecule has 1 aliphatic heterocycles. The largest absolute Gasteiger partial charge is 0.508 e. The average molecular weight is 444 g/mol. The highest BCUT2D eigenvalue weighted by atomic mass is 35.5. The quantitative estimate of drug-likeness (QED) is 0.499. The van der Waals surface area contributed by atoms with Crippen molar-refractivity contribution >= 4 is 34.9 Å². The summed E-state index contributed by atoms with van der Waals surface area (Å²) in [5.41, 5.74) is 3.33. The summed E-state index contributed by atoms with van der Waals surface area (Å²) in [6, 6.07) is 11.2. The maximum Gasteiger partial charge on any atom is 0.226 e. The topological polar surface area (TPSA) is 40.5 Å². The Morgan fingerprint density at radius 3 is 2.23 bits per heavy atom. The van der Waals surface area contributed by atoms with Crippen LogP contribution in [0.5, 0.6) is 0 Å². The maximum absolute atomic E-state index is 13.0. The van der Waals surface area contributed by atoms with Crippen molar-refractivity contribution in [3.63, 3.8) is 0 Å². The van der Waals surface area contributed by atoms with Gasteiger partial charge in [-0.2, -0.15) is 0 Å². The molecule has 1 heterocycles. The number of likely N-dealkylation sites (tertiary alicyclic amines) is 1. The number of hydrogen-bond acceptors (Lipinski definition) is 2. The molecule has 158 valence electrons. The molecule has 1 saturated carbocycles. The smallest absolute Gasteiger partial charge is 0.226 e. The Morgan fingerprint density at radius 2 is 1.63 bits per heavy atom. The third-order valence-corrected chi connectivity index (χ3v) is 7.27. The molecule has 30 heavy (non-hydrogen) atoms. The predicted octanol–water partition coefficient (Wildman–Crippen LogP) is 7.12. The number of rotatable bonds is 5. The van der Waals surface area contributed by atoms with Crippen LogP contribution in [-0.2, 0) is 11.3 Å². The highest BCUT2D eigenvalue weighted by molar-refractivity contribution is 6.36. The number of carbonyl (C=O) groups excluding carboxylic acids is 1. The summed E-state index contributed by atoms with van der Waals surface area (Å²) in [6.45, 7) is 4.78. The fraction of sp³-hybridized carbons (Fsp3) is 0.400. The number of hydrogen-bond donors (Lipinski definition) is 1. The van der Waals surface area contributed by atoms with Gasteiger partial charge in [-0.15, -0.1) is 0 Å². The lowest BCUT2D eigenvalue weighted by molar-refractivity contribution is -0.133. The fourth-order valence-electron chi connectivity index (χ4n) is 4.86. The summed E-state index contributed by atoms with van der Waals surface area (Å²) in [4.78, 5) is 14.9. The van der Waals surface area contributed by atoms with E-state index in [-0.39, 0.29) is 17.6 Å². The Bertz CT molecular complexity index is 925. The van der Waals surface area contributed by atoms with Crippen molar-refractivity contribution in [1.29, 1.82) is 0 Å². The van der Waals surface area contributed by atoms with Crippen molar-refractivity contribution in [1.82, 2.24) is 4.90 Å². The van der Waals surface area contributed by atoms with Crippen molar-refractivity contribution < 1.29 is 9.90 Å². The van der Waals surface area contributed by atoms with Gasteiger partial charge in [0.25, 0.3) is 0 Å². The Labute approximate surface area is 188 Å². The summed E-state index contributed by atoms with van der Waals surface area (Å²) in [5.74, 6) is 1.01. The van der Waals surface area contributed by atoms with E-state index in [9.17, 15) is 9.90 Å². The lowest BCUT2D eigenvalue weighted by Gasteiger charge is -2.26. The third kappa shape index (κ3) is 4.38. The van der Waals surface area contributed by atoms with Gasteiger partial charge in [0.1, 0.15) is 5.76 Å². The summed E-state index contributed by atoms with van der Waals surface area (Å²) in [5, 5.41) is 10.6. The molecule has 1 aliphatic carbocycles. The summed E-state index contributed by atoms with van der Waals surface area (Å²) >= 11 is 13.2. The first-order chi connectivity index (χ1) is 14.4. The van der Waals surface area contributed by atoms with Gasteiger partial charge >= 0.3 is 0 Å². The monoisotopic (exact) mass is 443 g/mol. The molecule has 0 radical (unpaired) electrons. The van der Waals surface area contributed by atoms with Crippen molar-refractivity contribution in [2.24, 2.45) is 11.8 Å². The number of carbonyl (C=O) groups is 1. The minimum Gasteiger partial charge on any atom is -0.508 e. The van der Waals surface area contributed by atoms with E-state index in [0.717, 1.165) is 29.7 Å². The highest BCUT2D eigenvalue weighted by Gasteiger charge is 2.37. The van der Waals surface area contributed by atoms with Crippen LogP contribution in [0.15, 0.2) is 43.0 Å². The molecule has 1 unspecified atom stereocenters. The van der Waals surface area contributed by atoms with Crippen LogP contribution in [0.3, 0.4) is 0 Å². The molecule has 2 aromatic carbocycles. The number of halogens is 2. The van der Waals surface area contributed by atoms with E-state index in [1.54, 1.807) is 0 Å². The minimum absolute atomic E-state index is 0.0368. The van der Waals surface area contributed by atoms with Crippen LogP contribution in [0.4, 0.5) is 0 Å². The van der Waals surface area contributed by atoms with Crippen LogP contribution in [0.2, 0.25) is 10.0 Å². The lowest BCUT2D eigenvalue weighted by atomic mass is 9.79. The molecule has 2 aliphatic rings. The maximum atomic E-state index is 13.0. The van der Waals surface area contributed by atoms with E-state index in [0.29, 0.717) is 28.1 Å². The van der Waals surface area contributed by atoms with Crippen LogP contribution in [-0.4, -0.2) is 22.5 Å². The zero-order chi connectivity index (χ0) is 21.3. The Balaban J connectivity index is 1.50. The van der Waals surface area contributed by atoms with Crippen molar-refractivity contribution in [2.75, 3.05) is 6.54 Å². The molecule has 1 atom stereocenters. The SMILES string of the molecule is C=C(O)c1ccc(-c2cc(Cl)c(CN3CCC(C4CCCCC4)C3=O)c(Cl)c2)cc1. The second-order valence-electron chi connectivity index (χ2n) is 8.50. The first-order valence-electron chi connectivity index (χ1n) is 10.7. The molecule has 3 nitrogen and oxygen atoms in total. The van der Waals surface area contributed by atoms with Crippen molar-refractivity contribution in [3.8, 4) is 11.1 Å². The van der Waals surface area contributed by atoms with Crippen molar-refractivity contribution in [2.45, 2.75) is 45.1 Å². The molecule has 1 N–H and O–H groups in total. The van der Waals surface area contributed by atoms with Gasteiger partial charge in [-0.1, -0.05) is 73.3 Å². The number of aliphatic hydroxyl groups is 1. The number of amides is 1. The first-order valence-corrected chi connectivity index (χ1v) is 11.4. The Hall–Kier alpha value is -1.97. The van der Waals surface area contributed by atoms with Crippen LogP contribution >= 0.6 is 23.2 Å². The average Bonchev–Trinajstić information content (AvgIpc) is 3.11. The molecule has 2 aromatic rings. The van der Waals surface area contributed by atoms with Gasteiger partial charge in [0.05, 0.1) is 0 Å². The second-order valence-corrected chi connectivity index (χ2v) is 9.31. The number of nitrogens with zero attached hydrogens (tertiary/aromatic N) is 1. The van der Waals surface area contributed by atoms with Crippen molar-refractivity contribution in [3.05, 3.63) is 64.1 Å². The minimum atomic E-state index is 0.0368. The van der Waals surface area contributed by atoms with Gasteiger partial charge in [-0.3, -0.25) is 4.79 Å². The van der Waals surface area contributed by atoms with Gasteiger partial charge in [0.15, 0.2) is 0 Å².